The van der Waals surface area contributed by atoms with Gasteiger partial charge in [0, 0.05) is 17.7 Å². The normalized spacial score (nSPS) is 28.3. The lowest BCUT2D eigenvalue weighted by Crippen LogP contribution is -2.42. The summed E-state index contributed by atoms with van der Waals surface area (Å²) in [7, 11) is 0. The van der Waals surface area contributed by atoms with Gasteiger partial charge in [-0.25, -0.2) is 0 Å². The van der Waals surface area contributed by atoms with Crippen molar-refractivity contribution in [3.8, 4) is 0 Å². The second-order valence-electron chi connectivity index (χ2n) is 4.09. The zero-order valence-electron chi connectivity index (χ0n) is 9.36. The van der Waals surface area contributed by atoms with Gasteiger partial charge in [-0.2, -0.15) is 0 Å². The van der Waals surface area contributed by atoms with Crippen molar-refractivity contribution in [2.24, 2.45) is 5.92 Å². The van der Waals surface area contributed by atoms with Gasteiger partial charge in [0.25, 0.3) is 0 Å². The number of ether oxygens (including phenoxy) is 3. The van der Waals surface area contributed by atoms with E-state index in [2.05, 4.69) is 0 Å². The molecule has 5 heteroatoms. The van der Waals surface area contributed by atoms with E-state index >= 15 is 0 Å². The van der Waals surface area contributed by atoms with Crippen molar-refractivity contribution in [2.45, 2.75) is 32.0 Å². The van der Waals surface area contributed by atoms with Crippen LogP contribution in [-0.4, -0.2) is 36.4 Å². The van der Waals surface area contributed by atoms with Crippen LogP contribution in [0.3, 0.4) is 0 Å². The van der Waals surface area contributed by atoms with Gasteiger partial charge < -0.3 is 14.2 Å². The third-order valence-corrected chi connectivity index (χ3v) is 3.46. The van der Waals surface area contributed by atoms with E-state index in [1.807, 2.05) is 0 Å². The molecule has 1 spiro atoms. The van der Waals surface area contributed by atoms with Crippen LogP contribution in [0, 0.1) is 5.92 Å². The summed E-state index contributed by atoms with van der Waals surface area (Å²) in [5, 5.41) is 0. The van der Waals surface area contributed by atoms with Crippen LogP contribution in [0.5, 0.6) is 0 Å². The third-order valence-electron chi connectivity index (χ3n) is 3.03. The molecule has 1 saturated carbocycles. The molecule has 1 saturated heterocycles. The summed E-state index contributed by atoms with van der Waals surface area (Å²) in [5.41, 5.74) is 0. The molecule has 16 heavy (non-hydrogen) atoms. The quantitative estimate of drug-likeness (QED) is 0.543. The highest BCUT2D eigenvalue weighted by Crippen LogP contribution is 2.37. The fraction of sp³-hybridized carbons (Fsp3) is 0.818. The van der Waals surface area contributed by atoms with E-state index in [1.54, 1.807) is 6.92 Å². The summed E-state index contributed by atoms with van der Waals surface area (Å²) in [6.07, 6.45) is 1.92. The molecular weight excluding hydrogens is 228 g/mol. The van der Waals surface area contributed by atoms with Gasteiger partial charge in [-0.3, -0.25) is 4.79 Å². The van der Waals surface area contributed by atoms with Crippen molar-refractivity contribution < 1.29 is 19.0 Å². The molecule has 4 nitrogen and oxygen atoms in total. The van der Waals surface area contributed by atoms with E-state index < -0.39 is 5.79 Å². The van der Waals surface area contributed by atoms with E-state index in [1.165, 1.54) is 0 Å². The highest BCUT2D eigenvalue weighted by atomic mass is 32.1. The standard InChI is InChI=1S/C11H16O4S/c1-2-13-10(12)8-3-4-11(7-9(8)16)14-5-6-15-11/h8H,2-7H2,1H3. The van der Waals surface area contributed by atoms with Crippen molar-refractivity contribution in [3.05, 3.63) is 0 Å². The van der Waals surface area contributed by atoms with Crippen LogP contribution in [0.15, 0.2) is 0 Å². The van der Waals surface area contributed by atoms with Gasteiger partial charge >= 0.3 is 5.97 Å². The molecule has 0 N–H and O–H groups in total. The highest BCUT2D eigenvalue weighted by Gasteiger charge is 2.45. The molecule has 1 unspecified atom stereocenters. The summed E-state index contributed by atoms with van der Waals surface area (Å²) >= 11 is 5.27. The average Bonchev–Trinajstić information content (AvgIpc) is 2.66. The van der Waals surface area contributed by atoms with Gasteiger partial charge in [0.15, 0.2) is 5.79 Å². The Balaban J connectivity index is 1.97. The lowest BCUT2D eigenvalue weighted by atomic mass is 9.85. The third kappa shape index (κ3) is 2.26. The molecule has 2 fully saturated rings. The van der Waals surface area contributed by atoms with Crippen LogP contribution in [0.1, 0.15) is 26.2 Å². The number of carbonyl (C=O) groups excluding carboxylic acids is 1. The van der Waals surface area contributed by atoms with Crippen LogP contribution < -0.4 is 0 Å². The van der Waals surface area contributed by atoms with Gasteiger partial charge in [0.2, 0.25) is 0 Å². The topological polar surface area (TPSA) is 44.8 Å². The summed E-state index contributed by atoms with van der Waals surface area (Å²) in [5.74, 6) is -1.01. The number of thiocarbonyl (C=S) groups is 1. The minimum absolute atomic E-state index is 0.208. The summed E-state index contributed by atoms with van der Waals surface area (Å²) in [6, 6.07) is 0. The fourth-order valence-corrected chi connectivity index (χ4v) is 2.67. The van der Waals surface area contributed by atoms with Crippen molar-refractivity contribution in [3.63, 3.8) is 0 Å². The molecule has 0 aromatic rings. The molecule has 1 aliphatic carbocycles. The Morgan fingerprint density at radius 3 is 2.81 bits per heavy atom. The Morgan fingerprint density at radius 2 is 2.25 bits per heavy atom. The molecule has 2 rings (SSSR count). The highest BCUT2D eigenvalue weighted by molar-refractivity contribution is 7.80. The van der Waals surface area contributed by atoms with Crippen molar-refractivity contribution >= 4 is 23.1 Å². The maximum absolute atomic E-state index is 11.6. The lowest BCUT2D eigenvalue weighted by molar-refractivity contribution is -0.167. The van der Waals surface area contributed by atoms with Crippen molar-refractivity contribution in [2.75, 3.05) is 19.8 Å². The van der Waals surface area contributed by atoms with E-state index in [4.69, 9.17) is 26.4 Å². The van der Waals surface area contributed by atoms with Gasteiger partial charge in [-0.05, 0) is 13.3 Å². The Morgan fingerprint density at radius 1 is 1.56 bits per heavy atom. The van der Waals surface area contributed by atoms with Gasteiger partial charge in [0.1, 0.15) is 0 Å². The predicted molar refractivity (Wildman–Crippen MR) is 61.2 cm³/mol. The molecule has 0 aromatic heterocycles. The summed E-state index contributed by atoms with van der Waals surface area (Å²) in [4.78, 5) is 12.3. The van der Waals surface area contributed by atoms with Crippen molar-refractivity contribution in [1.29, 1.82) is 0 Å². The minimum atomic E-state index is -0.542. The molecule has 1 aliphatic heterocycles. The Kier molecular flexibility index (Phi) is 3.56. The van der Waals surface area contributed by atoms with Crippen LogP contribution in [0.2, 0.25) is 0 Å². The molecule has 1 atom stereocenters. The van der Waals surface area contributed by atoms with Gasteiger partial charge in [0.05, 0.1) is 25.7 Å². The Hall–Kier alpha value is -0.520. The molecule has 90 valence electrons. The summed E-state index contributed by atoms with van der Waals surface area (Å²) < 4.78 is 16.2. The molecular formula is C11H16O4S. The van der Waals surface area contributed by atoms with E-state index in [0.29, 0.717) is 37.5 Å². The molecule has 0 radical (unpaired) electrons. The van der Waals surface area contributed by atoms with Crippen LogP contribution in [0.25, 0.3) is 0 Å². The SMILES string of the molecule is CCOC(=O)C1CCC2(CC1=S)OCCO2. The number of esters is 1. The van der Waals surface area contributed by atoms with Gasteiger partial charge in [-0.1, -0.05) is 12.2 Å². The van der Waals surface area contributed by atoms with Crippen LogP contribution in [-0.2, 0) is 19.0 Å². The summed E-state index contributed by atoms with van der Waals surface area (Å²) in [6.45, 7) is 3.43. The zero-order chi connectivity index (χ0) is 11.6. The Bertz CT molecular complexity index is 296. The lowest BCUT2D eigenvalue weighted by Gasteiger charge is -2.34. The molecule has 0 bridgehead atoms. The maximum atomic E-state index is 11.6. The Labute approximate surface area is 100 Å². The second kappa shape index (κ2) is 4.77. The van der Waals surface area contributed by atoms with Crippen LogP contribution in [0.4, 0.5) is 0 Å². The zero-order valence-corrected chi connectivity index (χ0v) is 10.2. The minimum Gasteiger partial charge on any atom is -0.466 e. The molecule has 0 aromatic carbocycles. The second-order valence-corrected chi connectivity index (χ2v) is 4.62. The molecule has 0 amide bonds. The first-order valence-corrected chi connectivity index (χ1v) is 6.05. The molecule has 1 heterocycles. The first-order valence-electron chi connectivity index (χ1n) is 5.64. The average molecular weight is 244 g/mol. The van der Waals surface area contributed by atoms with E-state index in [-0.39, 0.29) is 11.9 Å². The first-order chi connectivity index (χ1) is 7.67. The monoisotopic (exact) mass is 244 g/mol. The molecule has 2 aliphatic rings. The fourth-order valence-electron chi connectivity index (χ4n) is 2.24. The number of hydrogen-bond donors (Lipinski definition) is 0. The number of carbonyl (C=O) groups is 1. The predicted octanol–water partition coefficient (Wildman–Crippen LogP) is 1.46. The first kappa shape index (κ1) is 12.0. The maximum Gasteiger partial charge on any atom is 0.313 e. The van der Waals surface area contributed by atoms with Crippen LogP contribution >= 0.6 is 12.2 Å². The van der Waals surface area contributed by atoms with Crippen molar-refractivity contribution in [1.82, 2.24) is 0 Å². The van der Waals surface area contributed by atoms with Gasteiger partial charge in [-0.15, -0.1) is 0 Å². The van der Waals surface area contributed by atoms with E-state index in [9.17, 15) is 4.79 Å². The number of hydrogen-bond acceptors (Lipinski definition) is 5. The van der Waals surface area contributed by atoms with E-state index in [0.717, 1.165) is 6.42 Å². The smallest absolute Gasteiger partial charge is 0.313 e. The number of rotatable bonds is 2. The largest absolute Gasteiger partial charge is 0.466 e.